The van der Waals surface area contributed by atoms with Crippen molar-refractivity contribution in [2.24, 2.45) is 0 Å². The Hall–Kier alpha value is -2.16. The van der Waals surface area contributed by atoms with Crippen LogP contribution in [-0.2, 0) is 4.79 Å². The molecule has 2 rings (SSSR count). The maximum atomic E-state index is 14.4. The van der Waals surface area contributed by atoms with Gasteiger partial charge in [-0.25, -0.2) is 4.39 Å². The van der Waals surface area contributed by atoms with Crippen molar-refractivity contribution in [3.8, 4) is 0 Å². The van der Waals surface area contributed by atoms with Crippen LogP contribution in [0.3, 0.4) is 0 Å². The zero-order chi connectivity index (χ0) is 17.7. The first-order valence-electron chi connectivity index (χ1n) is 8.52. The van der Waals surface area contributed by atoms with E-state index in [0.717, 1.165) is 5.56 Å². The van der Waals surface area contributed by atoms with Gasteiger partial charge in [0, 0.05) is 24.4 Å². The predicted molar refractivity (Wildman–Crippen MR) is 96.4 cm³/mol. The largest absolute Gasteiger partial charge is 0.338 e. The molecule has 0 aliphatic heterocycles. The summed E-state index contributed by atoms with van der Waals surface area (Å²) in [6.45, 7) is 8.05. The molecule has 2 aromatic carbocycles. The third-order valence-electron chi connectivity index (χ3n) is 4.26. The number of hydrogen-bond acceptors (Lipinski definition) is 1. The van der Waals surface area contributed by atoms with E-state index in [1.165, 1.54) is 6.07 Å². The van der Waals surface area contributed by atoms with E-state index in [1.54, 1.807) is 12.1 Å². The Morgan fingerprint density at radius 2 is 1.46 bits per heavy atom. The Morgan fingerprint density at radius 1 is 0.917 bits per heavy atom. The first-order valence-corrected chi connectivity index (χ1v) is 8.52. The third kappa shape index (κ3) is 4.22. The standard InChI is InChI=1S/C21H26FNO/c1-15(2)23(16(3)4)21(24)14-19(17-10-6-5-7-11-17)18-12-8-9-13-20(18)22/h5-13,15-16,19H,14H2,1-4H3. The zero-order valence-electron chi connectivity index (χ0n) is 14.9. The van der Waals surface area contributed by atoms with E-state index in [4.69, 9.17) is 0 Å². The Morgan fingerprint density at radius 3 is 2.00 bits per heavy atom. The van der Waals surface area contributed by atoms with Gasteiger partial charge in [-0.15, -0.1) is 0 Å². The van der Waals surface area contributed by atoms with Gasteiger partial charge in [-0.05, 0) is 44.9 Å². The molecule has 0 bridgehead atoms. The summed E-state index contributed by atoms with van der Waals surface area (Å²) in [7, 11) is 0. The lowest BCUT2D eigenvalue weighted by atomic mass is 9.87. The third-order valence-corrected chi connectivity index (χ3v) is 4.26. The molecule has 0 spiro atoms. The number of carbonyl (C=O) groups is 1. The molecular formula is C21H26FNO. The number of carbonyl (C=O) groups excluding carboxylic acids is 1. The van der Waals surface area contributed by atoms with E-state index < -0.39 is 0 Å². The monoisotopic (exact) mass is 327 g/mol. The maximum Gasteiger partial charge on any atom is 0.223 e. The normalized spacial score (nSPS) is 12.5. The van der Waals surface area contributed by atoms with Crippen molar-refractivity contribution >= 4 is 5.91 Å². The summed E-state index contributed by atoms with van der Waals surface area (Å²) < 4.78 is 14.4. The number of nitrogens with zero attached hydrogens (tertiary/aromatic N) is 1. The second-order valence-corrected chi connectivity index (χ2v) is 6.68. The van der Waals surface area contributed by atoms with Crippen molar-refractivity contribution in [1.29, 1.82) is 0 Å². The van der Waals surface area contributed by atoms with Gasteiger partial charge in [0.1, 0.15) is 5.82 Å². The van der Waals surface area contributed by atoms with Gasteiger partial charge in [0.05, 0.1) is 0 Å². The van der Waals surface area contributed by atoms with Crippen LogP contribution < -0.4 is 0 Å². The van der Waals surface area contributed by atoms with Crippen LogP contribution in [0.1, 0.15) is 51.2 Å². The summed E-state index contributed by atoms with van der Waals surface area (Å²) in [6, 6.07) is 16.7. The quantitative estimate of drug-likeness (QED) is 0.731. The minimum absolute atomic E-state index is 0.0529. The van der Waals surface area contributed by atoms with E-state index in [2.05, 4.69) is 0 Å². The smallest absolute Gasteiger partial charge is 0.223 e. The first-order chi connectivity index (χ1) is 11.4. The molecule has 0 fully saturated rings. The second-order valence-electron chi connectivity index (χ2n) is 6.68. The Kier molecular flexibility index (Phi) is 6.13. The molecule has 0 saturated carbocycles. The molecule has 0 aliphatic rings. The molecule has 0 N–H and O–H groups in total. The van der Waals surface area contributed by atoms with Crippen LogP contribution in [0, 0.1) is 5.82 Å². The molecule has 1 amide bonds. The van der Waals surface area contributed by atoms with Crippen molar-refractivity contribution in [3.63, 3.8) is 0 Å². The Labute approximate surface area is 144 Å². The van der Waals surface area contributed by atoms with Crippen LogP contribution in [0.25, 0.3) is 0 Å². The van der Waals surface area contributed by atoms with Gasteiger partial charge in [0.2, 0.25) is 5.91 Å². The number of rotatable bonds is 6. The van der Waals surface area contributed by atoms with Gasteiger partial charge in [-0.1, -0.05) is 48.5 Å². The SMILES string of the molecule is CC(C)N(C(=O)CC(c1ccccc1)c1ccccc1F)C(C)C. The van der Waals surface area contributed by atoms with E-state index >= 15 is 0 Å². The summed E-state index contributed by atoms with van der Waals surface area (Å²) in [4.78, 5) is 14.8. The average Bonchev–Trinajstić information content (AvgIpc) is 2.53. The number of halogens is 1. The topological polar surface area (TPSA) is 20.3 Å². The molecule has 128 valence electrons. The summed E-state index contributed by atoms with van der Waals surface area (Å²) in [5.74, 6) is -0.489. The van der Waals surface area contributed by atoms with Crippen LogP contribution in [0.4, 0.5) is 4.39 Å². The minimum Gasteiger partial charge on any atom is -0.338 e. The molecule has 0 heterocycles. The highest BCUT2D eigenvalue weighted by Gasteiger charge is 2.26. The number of hydrogen-bond donors (Lipinski definition) is 0. The number of benzene rings is 2. The van der Waals surface area contributed by atoms with Crippen LogP contribution in [0.5, 0.6) is 0 Å². The first kappa shape index (κ1) is 18.2. The van der Waals surface area contributed by atoms with E-state index in [-0.39, 0.29) is 36.1 Å². The Bertz CT molecular complexity index is 659. The maximum absolute atomic E-state index is 14.4. The molecule has 24 heavy (non-hydrogen) atoms. The van der Waals surface area contributed by atoms with Gasteiger partial charge in [0.25, 0.3) is 0 Å². The minimum atomic E-state index is -0.278. The van der Waals surface area contributed by atoms with Crippen LogP contribution in [0.15, 0.2) is 54.6 Å². The highest BCUT2D eigenvalue weighted by atomic mass is 19.1. The van der Waals surface area contributed by atoms with Crippen LogP contribution in [0.2, 0.25) is 0 Å². The van der Waals surface area contributed by atoms with Gasteiger partial charge < -0.3 is 4.90 Å². The molecule has 1 atom stereocenters. The number of amides is 1. The summed E-state index contributed by atoms with van der Waals surface area (Å²) in [6.07, 6.45) is 0.265. The molecular weight excluding hydrogens is 301 g/mol. The van der Waals surface area contributed by atoms with Crippen molar-refractivity contribution in [2.75, 3.05) is 0 Å². The molecule has 2 aromatic rings. The molecule has 0 aliphatic carbocycles. The highest BCUT2D eigenvalue weighted by Crippen LogP contribution is 2.31. The molecule has 0 radical (unpaired) electrons. The summed E-state index contributed by atoms with van der Waals surface area (Å²) in [5, 5.41) is 0. The van der Waals surface area contributed by atoms with Gasteiger partial charge in [-0.2, -0.15) is 0 Å². The average molecular weight is 327 g/mol. The Balaban J connectivity index is 2.38. The highest BCUT2D eigenvalue weighted by molar-refractivity contribution is 5.78. The second kappa shape index (κ2) is 8.09. The predicted octanol–water partition coefficient (Wildman–Crippen LogP) is 4.99. The molecule has 2 nitrogen and oxygen atoms in total. The zero-order valence-corrected chi connectivity index (χ0v) is 14.9. The van der Waals surface area contributed by atoms with Crippen LogP contribution in [-0.4, -0.2) is 22.9 Å². The van der Waals surface area contributed by atoms with Crippen LogP contribution >= 0.6 is 0 Å². The lowest BCUT2D eigenvalue weighted by Gasteiger charge is -2.32. The fraction of sp³-hybridized carbons (Fsp3) is 0.381. The van der Waals surface area contributed by atoms with Gasteiger partial charge >= 0.3 is 0 Å². The van der Waals surface area contributed by atoms with Gasteiger partial charge in [0.15, 0.2) is 0 Å². The molecule has 0 aromatic heterocycles. The molecule has 0 saturated heterocycles. The van der Waals surface area contributed by atoms with Gasteiger partial charge in [-0.3, -0.25) is 4.79 Å². The fourth-order valence-corrected chi connectivity index (χ4v) is 3.30. The van der Waals surface area contributed by atoms with E-state index in [1.807, 2.05) is 69.0 Å². The summed E-state index contributed by atoms with van der Waals surface area (Å²) >= 11 is 0. The summed E-state index contributed by atoms with van der Waals surface area (Å²) in [5.41, 5.74) is 1.54. The van der Waals surface area contributed by atoms with Crippen molar-refractivity contribution in [1.82, 2.24) is 4.90 Å². The fourth-order valence-electron chi connectivity index (χ4n) is 3.30. The lowest BCUT2D eigenvalue weighted by molar-refractivity contribution is -0.135. The van der Waals surface area contributed by atoms with E-state index in [0.29, 0.717) is 5.56 Å². The van der Waals surface area contributed by atoms with Crippen molar-refractivity contribution in [3.05, 3.63) is 71.5 Å². The van der Waals surface area contributed by atoms with Crippen molar-refractivity contribution in [2.45, 2.75) is 52.1 Å². The molecule has 1 unspecified atom stereocenters. The lowest BCUT2D eigenvalue weighted by Crippen LogP contribution is -2.42. The van der Waals surface area contributed by atoms with Crippen molar-refractivity contribution < 1.29 is 9.18 Å². The van der Waals surface area contributed by atoms with E-state index in [9.17, 15) is 9.18 Å². The molecule has 3 heteroatoms.